The highest BCUT2D eigenvalue weighted by Gasteiger charge is 2.15. The molecule has 0 unspecified atom stereocenters. The van der Waals surface area contributed by atoms with Crippen LogP contribution in [0.1, 0.15) is 0 Å². The largest absolute Gasteiger partial charge is 0.350 e. The third-order valence-corrected chi connectivity index (χ3v) is 0.678. The average Bonchev–Trinajstić information content (AvgIpc) is 1.59. The maximum absolute atomic E-state index is 9.95. The van der Waals surface area contributed by atoms with Gasteiger partial charge in [-0.3, -0.25) is 0 Å². The second-order valence-electron chi connectivity index (χ2n) is 1.28. The van der Waals surface area contributed by atoms with E-state index in [1.807, 2.05) is 5.43 Å². The molecule has 0 rings (SSSR count). The molecule has 0 aliphatic carbocycles. The SMILES string of the molecule is NC(=O)NN=CC(Cl)(Cl)Cl. The molecule has 0 aromatic rings. The summed E-state index contributed by atoms with van der Waals surface area (Å²) in [6, 6.07) is -0.814. The molecule has 0 bridgehead atoms. The van der Waals surface area contributed by atoms with Crippen molar-refractivity contribution in [3.8, 4) is 0 Å². The third kappa shape index (κ3) is 7.81. The van der Waals surface area contributed by atoms with Crippen LogP contribution in [0.5, 0.6) is 0 Å². The van der Waals surface area contributed by atoms with E-state index in [1.165, 1.54) is 0 Å². The van der Waals surface area contributed by atoms with E-state index in [0.717, 1.165) is 6.21 Å². The van der Waals surface area contributed by atoms with E-state index in [9.17, 15) is 4.79 Å². The molecule has 0 fully saturated rings. The van der Waals surface area contributed by atoms with Gasteiger partial charge < -0.3 is 5.73 Å². The van der Waals surface area contributed by atoms with Gasteiger partial charge in [0.05, 0.1) is 6.21 Å². The van der Waals surface area contributed by atoms with Crippen LogP contribution in [0.4, 0.5) is 4.79 Å². The van der Waals surface area contributed by atoms with E-state index in [-0.39, 0.29) is 0 Å². The zero-order valence-corrected chi connectivity index (χ0v) is 6.91. The Kier molecular flexibility index (Phi) is 3.78. The normalized spacial score (nSPS) is 11.9. The zero-order chi connectivity index (χ0) is 8.20. The topological polar surface area (TPSA) is 67.5 Å². The summed E-state index contributed by atoms with van der Waals surface area (Å²) in [5.41, 5.74) is 6.49. The van der Waals surface area contributed by atoms with Gasteiger partial charge in [0.1, 0.15) is 0 Å². The van der Waals surface area contributed by atoms with E-state index in [2.05, 4.69) is 10.8 Å². The lowest BCUT2D eigenvalue weighted by Crippen LogP contribution is -2.25. The Morgan fingerprint density at radius 2 is 2.10 bits per heavy atom. The van der Waals surface area contributed by atoms with Crippen molar-refractivity contribution in [2.24, 2.45) is 10.8 Å². The number of nitrogens with two attached hydrogens (primary N) is 1. The highest BCUT2D eigenvalue weighted by molar-refractivity contribution is 6.74. The Morgan fingerprint density at radius 1 is 1.60 bits per heavy atom. The first-order chi connectivity index (χ1) is 4.42. The third-order valence-electron chi connectivity index (χ3n) is 0.386. The molecular weight excluding hydrogens is 200 g/mol. The van der Waals surface area contributed by atoms with Crippen molar-refractivity contribution < 1.29 is 4.79 Å². The molecule has 4 nitrogen and oxygen atoms in total. The van der Waals surface area contributed by atoms with Crippen LogP contribution in [-0.4, -0.2) is 16.0 Å². The number of primary amides is 1. The van der Waals surface area contributed by atoms with Gasteiger partial charge in [-0.2, -0.15) is 5.10 Å². The summed E-state index contributed by atoms with van der Waals surface area (Å²) in [5.74, 6) is 0. The number of urea groups is 1. The maximum atomic E-state index is 9.95. The minimum atomic E-state index is -1.61. The van der Waals surface area contributed by atoms with Gasteiger partial charge in [-0.25, -0.2) is 10.2 Å². The summed E-state index contributed by atoms with van der Waals surface area (Å²) >= 11 is 15.6. The average molecular weight is 204 g/mol. The number of alkyl halides is 3. The Hall–Kier alpha value is -0.190. The van der Waals surface area contributed by atoms with Crippen LogP contribution in [0.2, 0.25) is 0 Å². The number of nitrogens with zero attached hydrogens (tertiary/aromatic N) is 1. The highest BCUT2D eigenvalue weighted by Crippen LogP contribution is 2.22. The fraction of sp³-hybridized carbons (Fsp3) is 0.333. The van der Waals surface area contributed by atoms with Crippen molar-refractivity contribution in [1.82, 2.24) is 5.43 Å². The summed E-state index contributed by atoms with van der Waals surface area (Å²) in [4.78, 5) is 9.95. The van der Waals surface area contributed by atoms with E-state index in [1.54, 1.807) is 0 Å². The quantitative estimate of drug-likeness (QED) is 0.374. The lowest BCUT2D eigenvalue weighted by Gasteiger charge is -2.00. The Bertz CT molecular complexity index is 152. The van der Waals surface area contributed by atoms with Gasteiger partial charge in [-0.05, 0) is 0 Å². The number of carbonyl (C=O) groups excluding carboxylic acids is 1. The van der Waals surface area contributed by atoms with Crippen LogP contribution in [0.3, 0.4) is 0 Å². The monoisotopic (exact) mass is 203 g/mol. The molecule has 0 aliphatic rings. The number of hydrogen-bond acceptors (Lipinski definition) is 2. The number of carbonyl (C=O) groups is 1. The smallest absolute Gasteiger partial charge is 0.332 e. The van der Waals surface area contributed by atoms with E-state index >= 15 is 0 Å². The molecule has 0 heterocycles. The van der Waals surface area contributed by atoms with Gasteiger partial charge in [0.15, 0.2) is 0 Å². The summed E-state index contributed by atoms with van der Waals surface area (Å²) in [5, 5.41) is 3.20. The molecular formula is C3H4Cl3N3O. The van der Waals surface area contributed by atoms with Crippen molar-refractivity contribution in [3.05, 3.63) is 0 Å². The Morgan fingerprint density at radius 3 is 2.40 bits per heavy atom. The predicted octanol–water partition coefficient (Wildman–Crippen LogP) is 1.01. The first kappa shape index (κ1) is 9.81. The molecule has 0 saturated heterocycles. The van der Waals surface area contributed by atoms with Crippen LogP contribution in [0, 0.1) is 0 Å². The number of nitrogens with one attached hydrogen (secondary N) is 1. The van der Waals surface area contributed by atoms with Gasteiger partial charge in [-0.1, -0.05) is 34.8 Å². The maximum Gasteiger partial charge on any atom is 0.332 e. The first-order valence-electron chi connectivity index (χ1n) is 2.08. The Labute approximate surface area is 72.3 Å². The summed E-state index contributed by atoms with van der Waals surface area (Å²) in [6.45, 7) is 0. The zero-order valence-electron chi connectivity index (χ0n) is 4.64. The standard InChI is InChI=1S/C3H4Cl3N3O/c4-3(5,6)1-8-9-2(7)10/h1H,(H3,7,9,10). The molecule has 0 atom stereocenters. The number of hydrogen-bond donors (Lipinski definition) is 2. The van der Waals surface area contributed by atoms with Crippen molar-refractivity contribution in [3.63, 3.8) is 0 Å². The number of amides is 2. The highest BCUT2D eigenvalue weighted by atomic mass is 35.6. The molecule has 10 heavy (non-hydrogen) atoms. The van der Waals surface area contributed by atoms with Crippen molar-refractivity contribution in [2.75, 3.05) is 0 Å². The number of rotatable bonds is 1. The minimum absolute atomic E-state index is 0.814. The molecule has 2 amide bonds. The molecule has 0 aromatic heterocycles. The summed E-state index contributed by atoms with van der Waals surface area (Å²) in [7, 11) is 0. The van der Waals surface area contributed by atoms with Gasteiger partial charge in [-0.15, -0.1) is 0 Å². The van der Waals surface area contributed by atoms with Crippen LogP contribution in [0.25, 0.3) is 0 Å². The second kappa shape index (κ2) is 3.85. The van der Waals surface area contributed by atoms with E-state index in [4.69, 9.17) is 34.8 Å². The lowest BCUT2D eigenvalue weighted by atomic mass is 10.9. The fourth-order valence-electron chi connectivity index (χ4n) is 0.169. The van der Waals surface area contributed by atoms with E-state index in [0.29, 0.717) is 0 Å². The van der Waals surface area contributed by atoms with Gasteiger partial charge >= 0.3 is 6.03 Å². The Balaban J connectivity index is 3.67. The predicted molar refractivity (Wildman–Crippen MR) is 41.5 cm³/mol. The first-order valence-corrected chi connectivity index (χ1v) is 3.21. The van der Waals surface area contributed by atoms with Crippen LogP contribution in [0.15, 0.2) is 5.10 Å². The summed E-state index contributed by atoms with van der Waals surface area (Å²) in [6.07, 6.45) is 0.919. The summed E-state index contributed by atoms with van der Waals surface area (Å²) < 4.78 is -1.61. The molecule has 7 heteroatoms. The van der Waals surface area contributed by atoms with Crippen molar-refractivity contribution in [1.29, 1.82) is 0 Å². The fourth-order valence-corrected chi connectivity index (χ4v) is 0.315. The lowest BCUT2D eigenvalue weighted by molar-refractivity contribution is 0.249. The van der Waals surface area contributed by atoms with E-state index < -0.39 is 9.82 Å². The molecule has 0 radical (unpaired) electrons. The molecule has 0 aliphatic heterocycles. The number of hydrazone groups is 1. The molecule has 58 valence electrons. The van der Waals surface area contributed by atoms with Crippen molar-refractivity contribution in [2.45, 2.75) is 3.79 Å². The molecule has 0 aromatic carbocycles. The minimum Gasteiger partial charge on any atom is -0.350 e. The van der Waals surface area contributed by atoms with Crippen LogP contribution in [-0.2, 0) is 0 Å². The van der Waals surface area contributed by atoms with Gasteiger partial charge in [0.25, 0.3) is 0 Å². The van der Waals surface area contributed by atoms with Crippen LogP contribution >= 0.6 is 34.8 Å². The number of halogens is 3. The molecule has 0 saturated carbocycles. The second-order valence-corrected chi connectivity index (χ2v) is 3.64. The van der Waals surface area contributed by atoms with Gasteiger partial charge in [0, 0.05) is 0 Å². The molecule has 0 spiro atoms. The molecule has 3 N–H and O–H groups in total. The van der Waals surface area contributed by atoms with Crippen molar-refractivity contribution >= 4 is 47.0 Å². The van der Waals surface area contributed by atoms with Crippen LogP contribution < -0.4 is 11.2 Å². The van der Waals surface area contributed by atoms with Gasteiger partial charge in [0.2, 0.25) is 3.79 Å².